The van der Waals surface area contributed by atoms with Crippen LogP contribution in [0.1, 0.15) is 42.5 Å². The van der Waals surface area contributed by atoms with E-state index >= 15 is 0 Å². The van der Waals surface area contributed by atoms with Crippen molar-refractivity contribution < 1.29 is 9.32 Å². The van der Waals surface area contributed by atoms with Gasteiger partial charge in [-0.15, -0.1) is 0 Å². The van der Waals surface area contributed by atoms with Crippen molar-refractivity contribution in [2.24, 2.45) is 0 Å². The predicted octanol–water partition coefficient (Wildman–Crippen LogP) is 2.82. The summed E-state index contributed by atoms with van der Waals surface area (Å²) < 4.78 is 7.51. The number of halogens is 1. The molecular formula is C23H28ClN7O2. The van der Waals surface area contributed by atoms with E-state index in [9.17, 15) is 4.79 Å². The molecule has 1 unspecified atom stereocenters. The van der Waals surface area contributed by atoms with Gasteiger partial charge in [0.1, 0.15) is 12.0 Å². The summed E-state index contributed by atoms with van der Waals surface area (Å²) >= 11 is 6.01. The van der Waals surface area contributed by atoms with Crippen LogP contribution in [0.3, 0.4) is 0 Å². The summed E-state index contributed by atoms with van der Waals surface area (Å²) in [7, 11) is 1.83. The number of aromatic nitrogens is 4. The number of anilines is 1. The van der Waals surface area contributed by atoms with Gasteiger partial charge in [-0.3, -0.25) is 10.1 Å². The van der Waals surface area contributed by atoms with Crippen molar-refractivity contribution in [1.29, 1.82) is 0 Å². The number of fused-ring (bicyclic) bond motifs is 1. The fraction of sp³-hybridized carbons (Fsp3) is 0.478. The van der Waals surface area contributed by atoms with E-state index in [2.05, 4.69) is 42.0 Å². The van der Waals surface area contributed by atoms with E-state index in [4.69, 9.17) is 16.1 Å². The third-order valence-electron chi connectivity index (χ3n) is 6.66. The van der Waals surface area contributed by atoms with E-state index in [0.29, 0.717) is 43.7 Å². The Hall–Kier alpha value is -2.91. The molecule has 3 aromatic rings. The van der Waals surface area contributed by atoms with Gasteiger partial charge >= 0.3 is 0 Å². The van der Waals surface area contributed by atoms with Crippen molar-refractivity contribution in [1.82, 2.24) is 29.9 Å². The van der Waals surface area contributed by atoms with E-state index in [1.54, 1.807) is 11.1 Å². The second kappa shape index (κ2) is 9.52. The van der Waals surface area contributed by atoms with Crippen molar-refractivity contribution in [2.75, 3.05) is 25.0 Å². The monoisotopic (exact) mass is 469 g/mol. The maximum atomic E-state index is 12.7. The van der Waals surface area contributed by atoms with Crippen molar-refractivity contribution in [3.05, 3.63) is 59.0 Å². The molecule has 174 valence electrons. The predicted molar refractivity (Wildman–Crippen MR) is 124 cm³/mol. The van der Waals surface area contributed by atoms with Crippen LogP contribution in [-0.2, 0) is 24.3 Å². The molecule has 1 fully saturated rings. The van der Waals surface area contributed by atoms with Crippen LogP contribution in [0.15, 0.2) is 41.2 Å². The highest BCUT2D eigenvalue weighted by Gasteiger charge is 2.26. The smallest absolute Gasteiger partial charge is 0.266 e. The number of rotatable bonds is 6. The average Bonchev–Trinajstić information content (AvgIpc) is 3.52. The number of aryl methyl sites for hydroxylation is 1. The highest BCUT2D eigenvalue weighted by atomic mass is 35.5. The molecule has 2 aliphatic rings. The molecule has 1 saturated heterocycles. The highest BCUT2D eigenvalue weighted by molar-refractivity contribution is 6.30. The number of amides is 1. The zero-order valence-electron chi connectivity index (χ0n) is 18.7. The molecule has 1 N–H and O–H groups in total. The van der Waals surface area contributed by atoms with Crippen molar-refractivity contribution in [3.8, 4) is 0 Å². The van der Waals surface area contributed by atoms with E-state index in [-0.39, 0.29) is 12.1 Å². The number of benzene rings is 1. The number of carbonyl (C=O) groups is 1. The first kappa shape index (κ1) is 21.9. The van der Waals surface area contributed by atoms with Gasteiger partial charge in [0.05, 0.1) is 13.1 Å². The first-order valence-electron chi connectivity index (χ1n) is 11.4. The largest absolute Gasteiger partial charge is 0.338 e. The molecule has 5 rings (SSSR count). The van der Waals surface area contributed by atoms with Crippen LogP contribution in [0.2, 0.25) is 5.02 Å². The molecule has 10 heteroatoms. The van der Waals surface area contributed by atoms with Crippen LogP contribution in [0.5, 0.6) is 0 Å². The Morgan fingerprint density at radius 2 is 2.06 bits per heavy atom. The molecular weight excluding hydrogens is 442 g/mol. The van der Waals surface area contributed by atoms with Crippen molar-refractivity contribution in [3.63, 3.8) is 0 Å². The summed E-state index contributed by atoms with van der Waals surface area (Å²) in [5, 5.41) is 8.28. The molecule has 0 aliphatic carbocycles. The molecule has 1 atom stereocenters. The number of carbonyl (C=O) groups excluding carboxylic acids is 1. The minimum absolute atomic E-state index is 0.0413. The molecule has 33 heavy (non-hydrogen) atoms. The molecule has 4 heterocycles. The number of hydrogen-bond donors (Lipinski definition) is 1. The minimum Gasteiger partial charge on any atom is -0.338 e. The van der Waals surface area contributed by atoms with Crippen LogP contribution in [0.4, 0.5) is 5.95 Å². The molecule has 0 bridgehead atoms. The number of likely N-dealkylation sites (N-methyl/N-ethyl adjacent to an activating group) is 1. The van der Waals surface area contributed by atoms with Crippen LogP contribution in [-0.4, -0.2) is 56.8 Å². The van der Waals surface area contributed by atoms with Gasteiger partial charge in [0.25, 0.3) is 5.95 Å². The van der Waals surface area contributed by atoms with Gasteiger partial charge in [0.15, 0.2) is 0 Å². The van der Waals surface area contributed by atoms with Gasteiger partial charge < -0.3 is 18.9 Å². The first-order valence-corrected chi connectivity index (χ1v) is 11.8. The number of nitrogens with one attached hydrogen (secondary N) is 1. The Balaban J connectivity index is 1.10. The van der Waals surface area contributed by atoms with Crippen LogP contribution >= 0.6 is 11.6 Å². The van der Waals surface area contributed by atoms with Crippen LogP contribution in [0.25, 0.3) is 0 Å². The van der Waals surface area contributed by atoms with E-state index < -0.39 is 0 Å². The van der Waals surface area contributed by atoms with E-state index in [1.165, 1.54) is 5.56 Å². The third kappa shape index (κ3) is 4.89. The van der Waals surface area contributed by atoms with Gasteiger partial charge in [-0.25, -0.2) is 4.98 Å². The summed E-state index contributed by atoms with van der Waals surface area (Å²) in [6, 6.07) is 8.13. The summed E-state index contributed by atoms with van der Waals surface area (Å²) in [4.78, 5) is 25.5. The SMILES string of the molecule is CN(C(=O)CCc1nc(N2CCC(c3ccc(Cl)cc3)CC2)no1)C1Cn2ccnc2CN1. The van der Waals surface area contributed by atoms with Gasteiger partial charge in [-0.2, -0.15) is 4.98 Å². The average molecular weight is 470 g/mol. The van der Waals surface area contributed by atoms with E-state index in [1.807, 2.05) is 25.4 Å². The number of imidazole rings is 1. The zero-order chi connectivity index (χ0) is 22.8. The number of nitrogens with zero attached hydrogens (tertiary/aromatic N) is 6. The summed E-state index contributed by atoms with van der Waals surface area (Å²) in [6.45, 7) is 3.08. The standard InChI is InChI=1S/C23H28ClN7O2/c1-29(20-15-31-13-10-25-19(31)14-26-20)22(32)7-6-21-27-23(28-33-21)30-11-8-17(9-12-30)16-2-4-18(24)5-3-16/h2-5,10,13,17,20,26H,6-9,11-12,14-15H2,1H3. The third-order valence-corrected chi connectivity index (χ3v) is 6.91. The molecule has 2 aromatic heterocycles. The summed E-state index contributed by atoms with van der Waals surface area (Å²) in [6.07, 6.45) is 6.49. The Kier molecular flexibility index (Phi) is 6.32. The maximum absolute atomic E-state index is 12.7. The lowest BCUT2D eigenvalue weighted by molar-refractivity contribution is -0.133. The lowest BCUT2D eigenvalue weighted by Gasteiger charge is -2.33. The molecule has 9 nitrogen and oxygen atoms in total. The van der Waals surface area contributed by atoms with Crippen LogP contribution in [0, 0.1) is 0 Å². The van der Waals surface area contributed by atoms with Crippen molar-refractivity contribution in [2.45, 2.75) is 50.9 Å². The highest BCUT2D eigenvalue weighted by Crippen LogP contribution is 2.30. The quantitative estimate of drug-likeness (QED) is 0.593. The fourth-order valence-corrected chi connectivity index (χ4v) is 4.71. The van der Waals surface area contributed by atoms with Gasteiger partial charge in [0.2, 0.25) is 11.8 Å². The topological polar surface area (TPSA) is 92.3 Å². The fourth-order valence-electron chi connectivity index (χ4n) is 4.58. The molecule has 0 spiro atoms. The molecule has 1 amide bonds. The summed E-state index contributed by atoms with van der Waals surface area (Å²) in [5.41, 5.74) is 1.33. The van der Waals surface area contributed by atoms with Gasteiger partial charge in [-0.1, -0.05) is 23.7 Å². The number of piperidine rings is 1. The Morgan fingerprint density at radius 3 is 2.85 bits per heavy atom. The molecule has 0 saturated carbocycles. The van der Waals surface area contributed by atoms with Gasteiger partial charge in [0, 0.05) is 50.4 Å². The first-order chi connectivity index (χ1) is 16.1. The van der Waals surface area contributed by atoms with Gasteiger partial charge in [-0.05, 0) is 41.6 Å². The Bertz CT molecular complexity index is 1090. The zero-order valence-corrected chi connectivity index (χ0v) is 19.4. The number of hydrogen-bond acceptors (Lipinski definition) is 7. The second-order valence-electron chi connectivity index (χ2n) is 8.70. The normalized spacial score (nSPS) is 18.8. The second-order valence-corrected chi connectivity index (χ2v) is 9.13. The molecule has 1 aromatic carbocycles. The Morgan fingerprint density at radius 1 is 1.27 bits per heavy atom. The Labute approximate surface area is 197 Å². The van der Waals surface area contributed by atoms with Crippen molar-refractivity contribution >= 4 is 23.5 Å². The molecule has 0 radical (unpaired) electrons. The molecule has 2 aliphatic heterocycles. The maximum Gasteiger partial charge on any atom is 0.266 e. The minimum atomic E-state index is -0.0561. The summed E-state index contributed by atoms with van der Waals surface area (Å²) in [5.74, 6) is 2.66. The lowest BCUT2D eigenvalue weighted by atomic mass is 9.90. The van der Waals surface area contributed by atoms with Crippen LogP contribution < -0.4 is 10.2 Å². The van der Waals surface area contributed by atoms with E-state index in [0.717, 1.165) is 36.8 Å². The lowest BCUT2D eigenvalue weighted by Crippen LogP contribution is -2.51.